The Morgan fingerprint density at radius 3 is 2.43 bits per heavy atom. The van der Waals surface area contributed by atoms with Crippen LogP contribution in [-0.2, 0) is 4.74 Å². The average molecular weight is 303 g/mol. The van der Waals surface area contributed by atoms with E-state index in [1.165, 1.54) is 0 Å². The molecule has 120 valence electrons. The second-order valence-electron chi connectivity index (χ2n) is 5.19. The second kappa shape index (κ2) is 9.05. The number of nitrogens with one attached hydrogen (secondary N) is 1. The van der Waals surface area contributed by atoms with Gasteiger partial charge in [0.1, 0.15) is 0 Å². The van der Waals surface area contributed by atoms with Crippen LogP contribution in [0.15, 0.2) is 24.3 Å². The van der Waals surface area contributed by atoms with Gasteiger partial charge in [-0.3, -0.25) is 0 Å². The Morgan fingerprint density at radius 1 is 1.19 bits per heavy atom. The van der Waals surface area contributed by atoms with Crippen LogP contribution in [0.1, 0.15) is 43.4 Å². The molecular weight excluding hydrogens is 279 g/mol. The Hall–Kier alpha value is -1.07. The van der Waals surface area contributed by atoms with Gasteiger partial charge in [-0.25, -0.2) is 0 Å². The summed E-state index contributed by atoms with van der Waals surface area (Å²) in [6.07, 6.45) is -4.10. The van der Waals surface area contributed by atoms with Crippen LogP contribution in [0.4, 0.5) is 13.2 Å². The van der Waals surface area contributed by atoms with Crippen LogP contribution in [0.5, 0.6) is 0 Å². The first kappa shape index (κ1) is 18.0. The van der Waals surface area contributed by atoms with E-state index in [-0.39, 0.29) is 19.1 Å². The monoisotopic (exact) mass is 303 g/mol. The lowest BCUT2D eigenvalue weighted by Crippen LogP contribution is -2.24. The second-order valence-corrected chi connectivity index (χ2v) is 5.19. The molecule has 1 rings (SSSR count). The number of ether oxygens (including phenoxy) is 1. The highest BCUT2D eigenvalue weighted by molar-refractivity contribution is 5.23. The van der Waals surface area contributed by atoms with Crippen LogP contribution in [0.3, 0.4) is 0 Å². The number of hydrogen-bond donors (Lipinski definition) is 1. The summed E-state index contributed by atoms with van der Waals surface area (Å²) in [6, 6.07) is 7.91. The summed E-state index contributed by atoms with van der Waals surface area (Å²) in [5.41, 5.74) is 2.15. The molecule has 0 heterocycles. The summed E-state index contributed by atoms with van der Waals surface area (Å²) in [5.74, 6) is 0. The normalized spacial score (nSPS) is 13.4. The van der Waals surface area contributed by atoms with E-state index >= 15 is 0 Å². The molecule has 1 aromatic carbocycles. The van der Waals surface area contributed by atoms with E-state index < -0.39 is 12.6 Å². The first-order chi connectivity index (χ1) is 9.92. The standard InChI is InChI=1S/C16H24F3NO/c1-3-10-20-12-15(14-7-5-13(2)6-8-14)21-11-4-9-16(17,18)19/h5-8,15,20H,3-4,9-12H2,1-2H3. The summed E-state index contributed by atoms with van der Waals surface area (Å²) < 4.78 is 42.0. The molecule has 0 bridgehead atoms. The van der Waals surface area contributed by atoms with Gasteiger partial charge in [0, 0.05) is 19.6 Å². The molecule has 0 amide bonds. The van der Waals surface area contributed by atoms with Crippen molar-refractivity contribution in [3.8, 4) is 0 Å². The Bertz CT molecular complexity index is 390. The third-order valence-corrected chi connectivity index (χ3v) is 3.13. The molecule has 1 atom stereocenters. The molecule has 0 aliphatic carbocycles. The fourth-order valence-corrected chi connectivity index (χ4v) is 1.96. The van der Waals surface area contributed by atoms with Crippen LogP contribution < -0.4 is 5.32 Å². The van der Waals surface area contributed by atoms with E-state index in [1.54, 1.807) is 0 Å². The van der Waals surface area contributed by atoms with Gasteiger partial charge in [-0.2, -0.15) is 13.2 Å². The van der Waals surface area contributed by atoms with Crippen molar-refractivity contribution in [1.82, 2.24) is 5.32 Å². The zero-order valence-electron chi connectivity index (χ0n) is 12.7. The smallest absolute Gasteiger partial charge is 0.372 e. The van der Waals surface area contributed by atoms with Crippen molar-refractivity contribution in [1.29, 1.82) is 0 Å². The predicted octanol–water partition coefficient (Wildman–Crippen LogP) is 4.39. The van der Waals surface area contributed by atoms with Gasteiger partial charge in [0.25, 0.3) is 0 Å². The minimum Gasteiger partial charge on any atom is -0.372 e. The van der Waals surface area contributed by atoms with Gasteiger partial charge in [0.2, 0.25) is 0 Å². The maximum absolute atomic E-state index is 12.1. The molecule has 1 unspecified atom stereocenters. The Balaban J connectivity index is 2.50. The third-order valence-electron chi connectivity index (χ3n) is 3.13. The molecule has 0 radical (unpaired) electrons. The van der Waals surface area contributed by atoms with E-state index in [1.807, 2.05) is 31.2 Å². The fourth-order valence-electron chi connectivity index (χ4n) is 1.96. The Labute approximate surface area is 124 Å². The van der Waals surface area contributed by atoms with Gasteiger partial charge in [-0.05, 0) is 31.9 Å². The quantitative estimate of drug-likeness (QED) is 0.683. The summed E-state index contributed by atoms with van der Waals surface area (Å²) in [6.45, 7) is 5.67. The SMILES string of the molecule is CCCNCC(OCCCC(F)(F)F)c1ccc(C)cc1. The van der Waals surface area contributed by atoms with Crippen molar-refractivity contribution < 1.29 is 17.9 Å². The van der Waals surface area contributed by atoms with Gasteiger partial charge in [-0.1, -0.05) is 36.8 Å². The summed E-state index contributed by atoms with van der Waals surface area (Å²) in [5, 5.41) is 3.26. The van der Waals surface area contributed by atoms with E-state index in [4.69, 9.17) is 4.74 Å². The van der Waals surface area contributed by atoms with Crippen LogP contribution in [0.2, 0.25) is 0 Å². The van der Waals surface area contributed by atoms with Crippen molar-refractivity contribution in [2.45, 2.75) is 45.4 Å². The van der Waals surface area contributed by atoms with E-state index in [2.05, 4.69) is 12.2 Å². The number of rotatable bonds is 9. The molecule has 5 heteroatoms. The largest absolute Gasteiger partial charge is 0.389 e. The first-order valence-electron chi connectivity index (χ1n) is 7.38. The molecular formula is C16H24F3NO. The molecule has 0 saturated heterocycles. The minimum atomic E-state index is -4.11. The van der Waals surface area contributed by atoms with Crippen LogP contribution in [-0.4, -0.2) is 25.9 Å². The lowest BCUT2D eigenvalue weighted by Gasteiger charge is -2.19. The molecule has 0 fully saturated rings. The van der Waals surface area contributed by atoms with Gasteiger partial charge in [-0.15, -0.1) is 0 Å². The highest BCUT2D eigenvalue weighted by Crippen LogP contribution is 2.23. The van der Waals surface area contributed by atoms with Crippen LogP contribution in [0, 0.1) is 6.92 Å². The third kappa shape index (κ3) is 8.07. The topological polar surface area (TPSA) is 21.3 Å². The van der Waals surface area contributed by atoms with Crippen LogP contribution >= 0.6 is 0 Å². The Morgan fingerprint density at radius 2 is 1.86 bits per heavy atom. The molecule has 0 saturated carbocycles. The maximum atomic E-state index is 12.1. The lowest BCUT2D eigenvalue weighted by atomic mass is 10.1. The minimum absolute atomic E-state index is 0.000358. The molecule has 1 aromatic rings. The van der Waals surface area contributed by atoms with Gasteiger partial charge < -0.3 is 10.1 Å². The predicted molar refractivity (Wildman–Crippen MR) is 78.3 cm³/mol. The zero-order valence-corrected chi connectivity index (χ0v) is 12.7. The summed E-state index contributed by atoms with van der Waals surface area (Å²) in [7, 11) is 0. The zero-order chi connectivity index (χ0) is 15.7. The Kier molecular flexibility index (Phi) is 7.75. The number of benzene rings is 1. The summed E-state index contributed by atoms with van der Waals surface area (Å²) >= 11 is 0. The first-order valence-corrected chi connectivity index (χ1v) is 7.38. The van der Waals surface area contributed by atoms with Crippen molar-refractivity contribution in [2.24, 2.45) is 0 Å². The van der Waals surface area contributed by atoms with Crippen LogP contribution in [0.25, 0.3) is 0 Å². The number of alkyl halides is 3. The van der Waals surface area contributed by atoms with Gasteiger partial charge in [0.15, 0.2) is 0 Å². The number of halogens is 3. The number of hydrogen-bond acceptors (Lipinski definition) is 2. The molecule has 0 aliphatic heterocycles. The average Bonchev–Trinajstić information content (AvgIpc) is 2.41. The van der Waals surface area contributed by atoms with Crippen molar-refractivity contribution in [2.75, 3.05) is 19.7 Å². The molecule has 1 N–H and O–H groups in total. The van der Waals surface area contributed by atoms with Gasteiger partial charge >= 0.3 is 6.18 Å². The highest BCUT2D eigenvalue weighted by atomic mass is 19.4. The lowest BCUT2D eigenvalue weighted by molar-refractivity contribution is -0.138. The molecule has 2 nitrogen and oxygen atoms in total. The molecule has 0 aromatic heterocycles. The van der Waals surface area contributed by atoms with Crippen molar-refractivity contribution in [3.63, 3.8) is 0 Å². The molecule has 0 aliphatic rings. The molecule has 21 heavy (non-hydrogen) atoms. The summed E-state index contributed by atoms with van der Waals surface area (Å²) in [4.78, 5) is 0. The van der Waals surface area contributed by atoms with E-state index in [9.17, 15) is 13.2 Å². The fraction of sp³-hybridized carbons (Fsp3) is 0.625. The van der Waals surface area contributed by atoms with Gasteiger partial charge in [0.05, 0.1) is 6.10 Å². The van der Waals surface area contributed by atoms with Crippen molar-refractivity contribution in [3.05, 3.63) is 35.4 Å². The molecule has 0 spiro atoms. The van der Waals surface area contributed by atoms with Crippen molar-refractivity contribution >= 4 is 0 Å². The number of aryl methyl sites for hydroxylation is 1. The maximum Gasteiger partial charge on any atom is 0.389 e. The van der Waals surface area contributed by atoms with E-state index in [0.717, 1.165) is 24.1 Å². The highest BCUT2D eigenvalue weighted by Gasteiger charge is 2.26. The van der Waals surface area contributed by atoms with E-state index in [0.29, 0.717) is 6.54 Å².